The van der Waals surface area contributed by atoms with Crippen LogP contribution in [-0.4, -0.2) is 43.8 Å². The minimum atomic E-state index is -1.08. The van der Waals surface area contributed by atoms with Crippen LogP contribution < -0.4 is 14.8 Å². The fourth-order valence-corrected chi connectivity index (χ4v) is 2.36. The molecule has 2 aromatic carbocycles. The van der Waals surface area contributed by atoms with Crippen molar-refractivity contribution in [3.8, 4) is 11.5 Å². The van der Waals surface area contributed by atoms with Gasteiger partial charge in [-0.3, -0.25) is 14.4 Å². The number of hydrogen-bond acceptors (Lipinski definition) is 7. The first kappa shape index (κ1) is 21.6. The number of carbonyl (C=O) groups is 4. The highest BCUT2D eigenvalue weighted by Gasteiger charge is 2.19. The molecule has 0 aliphatic heterocycles. The van der Waals surface area contributed by atoms with Crippen molar-refractivity contribution in [2.24, 2.45) is 0 Å². The van der Waals surface area contributed by atoms with Gasteiger partial charge >= 0.3 is 5.97 Å². The molecule has 0 aliphatic carbocycles. The lowest BCUT2D eigenvalue weighted by Crippen LogP contribution is -2.31. The van der Waals surface area contributed by atoms with Crippen LogP contribution in [0.1, 0.15) is 34.6 Å². The number of anilines is 1. The van der Waals surface area contributed by atoms with Crippen molar-refractivity contribution in [3.05, 3.63) is 53.6 Å². The van der Waals surface area contributed by atoms with Gasteiger partial charge in [0.15, 0.2) is 30.0 Å². The van der Waals surface area contributed by atoms with Gasteiger partial charge in [0.25, 0.3) is 5.91 Å². The lowest BCUT2D eigenvalue weighted by atomic mass is 10.1. The highest BCUT2D eigenvalue weighted by Crippen LogP contribution is 2.27. The molecule has 0 bridgehead atoms. The summed E-state index contributed by atoms with van der Waals surface area (Å²) in [5.74, 6) is -0.889. The van der Waals surface area contributed by atoms with E-state index in [0.29, 0.717) is 28.8 Å². The molecule has 2 rings (SSSR count). The number of methoxy groups -OCH3 is 1. The zero-order chi connectivity index (χ0) is 21.4. The molecule has 1 amide bonds. The minimum absolute atomic E-state index is 0.130. The van der Waals surface area contributed by atoms with Crippen molar-refractivity contribution in [2.75, 3.05) is 19.0 Å². The summed E-state index contributed by atoms with van der Waals surface area (Å²) in [7, 11) is 1.41. The number of aldehydes is 1. The number of hydrogen-bond donors (Lipinski definition) is 1. The van der Waals surface area contributed by atoms with Gasteiger partial charge in [0, 0.05) is 16.8 Å². The highest BCUT2D eigenvalue weighted by molar-refractivity contribution is 5.98. The standard InChI is InChI=1S/C21H21NO7/c1-13(24)16-5-4-6-17(10-16)22-21(26)14(2)29-20(25)12-28-18-8-7-15(11-23)9-19(18)27-3/h4-11,14H,12H2,1-3H3,(H,22,26)/t14-/m1/s1. The van der Waals surface area contributed by atoms with Crippen molar-refractivity contribution < 1.29 is 33.4 Å². The van der Waals surface area contributed by atoms with Gasteiger partial charge in [-0.1, -0.05) is 12.1 Å². The number of esters is 1. The third-order valence-corrected chi connectivity index (χ3v) is 3.88. The quantitative estimate of drug-likeness (QED) is 0.392. The van der Waals surface area contributed by atoms with E-state index in [9.17, 15) is 19.2 Å². The first-order valence-electron chi connectivity index (χ1n) is 8.71. The highest BCUT2D eigenvalue weighted by atomic mass is 16.6. The zero-order valence-electron chi connectivity index (χ0n) is 16.3. The molecule has 0 unspecified atom stereocenters. The van der Waals surface area contributed by atoms with Gasteiger partial charge in [0.2, 0.25) is 0 Å². The summed E-state index contributed by atoms with van der Waals surface area (Å²) >= 11 is 0. The normalized spacial score (nSPS) is 11.1. The molecule has 0 heterocycles. The van der Waals surface area contributed by atoms with Crippen molar-refractivity contribution in [3.63, 3.8) is 0 Å². The maximum atomic E-state index is 12.2. The monoisotopic (exact) mass is 399 g/mol. The molecule has 8 heteroatoms. The second-order valence-electron chi connectivity index (χ2n) is 6.08. The molecular weight excluding hydrogens is 378 g/mol. The Kier molecular flexibility index (Phi) is 7.47. The molecule has 0 saturated heterocycles. The summed E-state index contributed by atoms with van der Waals surface area (Å²) in [6, 6.07) is 10.9. The average molecular weight is 399 g/mol. The second-order valence-corrected chi connectivity index (χ2v) is 6.08. The number of ketones is 1. The Labute approximate surface area is 167 Å². The number of amides is 1. The van der Waals surface area contributed by atoms with Crippen LogP contribution in [0.5, 0.6) is 11.5 Å². The Bertz CT molecular complexity index is 923. The van der Waals surface area contributed by atoms with E-state index < -0.39 is 24.6 Å². The van der Waals surface area contributed by atoms with Crippen LogP contribution in [-0.2, 0) is 14.3 Å². The van der Waals surface area contributed by atoms with Crippen molar-refractivity contribution in [1.82, 2.24) is 0 Å². The number of carbonyl (C=O) groups excluding carboxylic acids is 4. The van der Waals surface area contributed by atoms with Crippen LogP contribution in [0.25, 0.3) is 0 Å². The fraction of sp³-hybridized carbons (Fsp3) is 0.238. The summed E-state index contributed by atoms with van der Waals surface area (Å²) in [6.45, 7) is 2.39. The summed E-state index contributed by atoms with van der Waals surface area (Å²) in [6.07, 6.45) is -0.418. The van der Waals surface area contributed by atoms with Crippen LogP contribution in [0.2, 0.25) is 0 Å². The SMILES string of the molecule is COc1cc(C=O)ccc1OCC(=O)O[C@H](C)C(=O)Nc1cccc(C(C)=O)c1. The van der Waals surface area contributed by atoms with E-state index in [1.165, 1.54) is 45.2 Å². The van der Waals surface area contributed by atoms with E-state index >= 15 is 0 Å². The zero-order valence-corrected chi connectivity index (χ0v) is 16.3. The van der Waals surface area contributed by atoms with Gasteiger partial charge in [0.05, 0.1) is 7.11 Å². The maximum Gasteiger partial charge on any atom is 0.344 e. The molecule has 152 valence electrons. The molecule has 0 aromatic heterocycles. The first-order valence-corrected chi connectivity index (χ1v) is 8.71. The Hall–Kier alpha value is -3.68. The van der Waals surface area contributed by atoms with E-state index in [1.807, 2.05) is 0 Å². The second kappa shape index (κ2) is 10.0. The Morgan fingerprint density at radius 2 is 1.86 bits per heavy atom. The van der Waals surface area contributed by atoms with Crippen LogP contribution in [0, 0.1) is 0 Å². The first-order chi connectivity index (χ1) is 13.8. The molecule has 0 aliphatic rings. The summed E-state index contributed by atoms with van der Waals surface area (Å²) in [5.41, 5.74) is 1.27. The maximum absolute atomic E-state index is 12.2. The number of nitrogens with one attached hydrogen (secondary N) is 1. The largest absolute Gasteiger partial charge is 0.493 e. The smallest absolute Gasteiger partial charge is 0.344 e. The predicted molar refractivity (Wildman–Crippen MR) is 105 cm³/mol. The third kappa shape index (κ3) is 6.17. The van der Waals surface area contributed by atoms with Crippen LogP contribution in [0.4, 0.5) is 5.69 Å². The lowest BCUT2D eigenvalue weighted by molar-refractivity contribution is -0.155. The van der Waals surface area contributed by atoms with Gasteiger partial charge < -0.3 is 19.5 Å². The molecular formula is C21H21NO7. The van der Waals surface area contributed by atoms with E-state index in [1.54, 1.807) is 18.2 Å². The van der Waals surface area contributed by atoms with E-state index in [2.05, 4.69) is 5.32 Å². The van der Waals surface area contributed by atoms with Gasteiger partial charge in [-0.05, 0) is 44.2 Å². The topological polar surface area (TPSA) is 108 Å². The van der Waals surface area contributed by atoms with Crippen molar-refractivity contribution in [1.29, 1.82) is 0 Å². The van der Waals surface area contributed by atoms with Crippen molar-refractivity contribution >= 4 is 29.6 Å². The van der Waals surface area contributed by atoms with E-state index in [0.717, 1.165) is 0 Å². The molecule has 8 nitrogen and oxygen atoms in total. The lowest BCUT2D eigenvalue weighted by Gasteiger charge is -2.15. The molecule has 2 aromatic rings. The van der Waals surface area contributed by atoms with E-state index in [4.69, 9.17) is 14.2 Å². The average Bonchev–Trinajstić information content (AvgIpc) is 2.72. The Balaban J connectivity index is 1.90. The third-order valence-electron chi connectivity index (χ3n) is 3.88. The molecule has 0 fully saturated rings. The Morgan fingerprint density at radius 3 is 2.52 bits per heavy atom. The molecule has 0 radical (unpaired) electrons. The number of rotatable bonds is 9. The van der Waals surface area contributed by atoms with Gasteiger partial charge in [-0.15, -0.1) is 0 Å². The van der Waals surface area contributed by atoms with Crippen LogP contribution in [0.3, 0.4) is 0 Å². The number of ether oxygens (including phenoxy) is 3. The molecule has 0 spiro atoms. The van der Waals surface area contributed by atoms with Crippen LogP contribution in [0.15, 0.2) is 42.5 Å². The summed E-state index contributed by atoms with van der Waals surface area (Å²) < 4.78 is 15.5. The molecule has 29 heavy (non-hydrogen) atoms. The molecule has 0 saturated carbocycles. The van der Waals surface area contributed by atoms with Gasteiger partial charge in [0.1, 0.15) is 6.29 Å². The summed E-state index contributed by atoms with van der Waals surface area (Å²) in [5, 5.41) is 2.58. The predicted octanol–water partition coefficient (Wildman–Crippen LogP) is 2.66. The van der Waals surface area contributed by atoms with Gasteiger partial charge in [-0.2, -0.15) is 0 Å². The number of Topliss-reactive ketones (excluding diaryl/α,β-unsaturated/α-hetero) is 1. The van der Waals surface area contributed by atoms with Crippen molar-refractivity contribution in [2.45, 2.75) is 20.0 Å². The molecule has 1 N–H and O–H groups in total. The Morgan fingerprint density at radius 1 is 1.10 bits per heavy atom. The number of benzene rings is 2. The van der Waals surface area contributed by atoms with Gasteiger partial charge in [-0.25, -0.2) is 4.79 Å². The fourth-order valence-electron chi connectivity index (χ4n) is 2.36. The van der Waals surface area contributed by atoms with Crippen LogP contribution >= 0.6 is 0 Å². The summed E-state index contributed by atoms with van der Waals surface area (Å²) in [4.78, 5) is 46.4. The molecule has 1 atom stereocenters. The van der Waals surface area contributed by atoms with E-state index in [-0.39, 0.29) is 11.5 Å². The minimum Gasteiger partial charge on any atom is -0.493 e.